The third kappa shape index (κ3) is 15.7. The molecule has 2 aromatic rings. The third-order valence-electron chi connectivity index (χ3n) is 1.71. The molecule has 1 heteroatoms. The van der Waals surface area contributed by atoms with Gasteiger partial charge in [0.1, 0.15) is 0 Å². The van der Waals surface area contributed by atoms with Gasteiger partial charge < -0.3 is 0 Å². The minimum absolute atomic E-state index is 0. The number of benzene rings is 2. The summed E-state index contributed by atoms with van der Waals surface area (Å²) in [4.78, 5) is 0. The monoisotopic (exact) mass is 361 g/mol. The van der Waals surface area contributed by atoms with Crippen LogP contribution in [0.4, 0.5) is 0 Å². The van der Waals surface area contributed by atoms with Crippen LogP contribution in [-0.2, 0) is 32.7 Å². The standard InChI is InChI=1S/C12H8.4C2H6.Y/c1-3-7-11(8-4-1)12-9-5-2-6-10-12;4*1-2;/h1-7,9H;4*1-2H3;/q-2;;;;;. The van der Waals surface area contributed by atoms with E-state index >= 15 is 0 Å². The van der Waals surface area contributed by atoms with Gasteiger partial charge in [0.2, 0.25) is 0 Å². The quantitative estimate of drug-likeness (QED) is 0.477. The van der Waals surface area contributed by atoms with Crippen LogP contribution in [0.5, 0.6) is 0 Å². The fraction of sp³-hybridized carbons (Fsp3) is 0.400. The van der Waals surface area contributed by atoms with E-state index in [0.717, 1.165) is 11.1 Å². The Morgan fingerprint density at radius 1 is 0.524 bits per heavy atom. The molecule has 1 radical (unpaired) electrons. The maximum atomic E-state index is 3.15. The maximum absolute atomic E-state index is 3.15. The van der Waals surface area contributed by atoms with Crippen LogP contribution in [0.2, 0.25) is 0 Å². The van der Waals surface area contributed by atoms with Crippen LogP contribution in [0, 0.1) is 12.1 Å². The fourth-order valence-electron chi connectivity index (χ4n) is 1.12. The van der Waals surface area contributed by atoms with Crippen molar-refractivity contribution in [1.29, 1.82) is 0 Å². The predicted molar refractivity (Wildman–Crippen MR) is 94.9 cm³/mol. The van der Waals surface area contributed by atoms with Crippen molar-refractivity contribution in [3.63, 3.8) is 0 Å². The molecule has 0 heterocycles. The third-order valence-corrected chi connectivity index (χ3v) is 1.71. The average Bonchev–Trinajstić information content (AvgIpc) is 2.63. The first-order chi connectivity index (χ1) is 9.97. The molecule has 0 bridgehead atoms. The van der Waals surface area contributed by atoms with Gasteiger partial charge >= 0.3 is 0 Å². The summed E-state index contributed by atoms with van der Waals surface area (Å²) >= 11 is 0. The van der Waals surface area contributed by atoms with Crippen molar-refractivity contribution in [3.05, 3.63) is 60.7 Å². The summed E-state index contributed by atoms with van der Waals surface area (Å²) in [6.07, 6.45) is 0. The first-order valence-electron chi connectivity index (χ1n) is 7.90. The largest absolute Gasteiger partial charge is 0.226 e. The maximum Gasteiger partial charge on any atom is 0 e. The Labute approximate surface area is 159 Å². The van der Waals surface area contributed by atoms with E-state index in [4.69, 9.17) is 0 Å². The second kappa shape index (κ2) is 27.8. The average molecular weight is 361 g/mol. The van der Waals surface area contributed by atoms with Crippen LogP contribution < -0.4 is 0 Å². The number of rotatable bonds is 1. The smallest absolute Gasteiger partial charge is 0 e. The fourth-order valence-corrected chi connectivity index (χ4v) is 1.12. The molecule has 0 aromatic heterocycles. The Kier molecular flexibility index (Phi) is 38.0. The first-order valence-corrected chi connectivity index (χ1v) is 7.90. The zero-order chi connectivity index (χ0) is 16.2. The Morgan fingerprint density at radius 3 is 1.00 bits per heavy atom. The molecule has 0 saturated carbocycles. The van der Waals surface area contributed by atoms with Crippen LogP contribution >= 0.6 is 0 Å². The zero-order valence-corrected chi connectivity index (χ0v) is 18.0. The molecule has 2 rings (SSSR count). The molecule has 0 spiro atoms. The molecule has 0 N–H and O–H groups in total. The van der Waals surface area contributed by atoms with Crippen molar-refractivity contribution < 1.29 is 32.7 Å². The number of hydrogen-bond acceptors (Lipinski definition) is 0. The van der Waals surface area contributed by atoms with E-state index in [0.29, 0.717) is 0 Å². The van der Waals surface area contributed by atoms with E-state index in [1.54, 1.807) is 0 Å². The van der Waals surface area contributed by atoms with Gasteiger partial charge in [-0.1, -0.05) is 55.4 Å². The van der Waals surface area contributed by atoms with E-state index in [9.17, 15) is 0 Å². The van der Waals surface area contributed by atoms with Gasteiger partial charge in [0, 0.05) is 32.7 Å². The summed E-state index contributed by atoms with van der Waals surface area (Å²) in [7, 11) is 0. The van der Waals surface area contributed by atoms with E-state index < -0.39 is 0 Å². The van der Waals surface area contributed by atoms with Gasteiger partial charge in [-0.25, -0.2) is 11.1 Å². The van der Waals surface area contributed by atoms with Gasteiger partial charge in [0.05, 0.1) is 0 Å². The van der Waals surface area contributed by atoms with Crippen molar-refractivity contribution in [2.24, 2.45) is 0 Å². The number of hydrogen-bond donors (Lipinski definition) is 0. The Hall–Kier alpha value is -0.456. The van der Waals surface area contributed by atoms with Gasteiger partial charge in [-0.2, -0.15) is 48.5 Å². The van der Waals surface area contributed by atoms with Crippen LogP contribution in [0.25, 0.3) is 11.1 Å². The second-order valence-electron chi connectivity index (χ2n) is 2.55. The molecule has 0 unspecified atom stereocenters. The van der Waals surface area contributed by atoms with Crippen LogP contribution in [0.15, 0.2) is 48.5 Å². The molecule has 21 heavy (non-hydrogen) atoms. The molecule has 117 valence electrons. The summed E-state index contributed by atoms with van der Waals surface area (Å²) in [6.45, 7) is 16.0. The van der Waals surface area contributed by atoms with Gasteiger partial charge in [-0.05, 0) is 0 Å². The van der Waals surface area contributed by atoms with E-state index in [-0.39, 0.29) is 32.7 Å². The van der Waals surface area contributed by atoms with Gasteiger partial charge in [0.15, 0.2) is 0 Å². The van der Waals surface area contributed by atoms with Crippen molar-refractivity contribution in [1.82, 2.24) is 0 Å². The Balaban J connectivity index is -0.000000141. The molecule has 0 aliphatic carbocycles. The molecule has 0 amide bonds. The summed E-state index contributed by atoms with van der Waals surface area (Å²) in [6, 6.07) is 22.1. The minimum atomic E-state index is 0. The van der Waals surface area contributed by atoms with E-state index in [1.807, 2.05) is 104 Å². The van der Waals surface area contributed by atoms with Crippen LogP contribution in [0.1, 0.15) is 55.4 Å². The van der Waals surface area contributed by atoms with E-state index in [2.05, 4.69) is 12.1 Å². The molecule has 0 saturated heterocycles. The van der Waals surface area contributed by atoms with Gasteiger partial charge in [-0.15, -0.1) is 12.1 Å². The second-order valence-corrected chi connectivity index (χ2v) is 2.55. The summed E-state index contributed by atoms with van der Waals surface area (Å²) in [5.41, 5.74) is 2.19. The minimum Gasteiger partial charge on any atom is -0.226 e. The summed E-state index contributed by atoms with van der Waals surface area (Å²) in [5.74, 6) is 0. The SMILES string of the molecule is CC.CC.CC.CC.[Y].[c-]1ccccc1-c1[c-]cccc1. The predicted octanol–water partition coefficient (Wildman–Crippen LogP) is 7.06. The molecule has 0 aliphatic heterocycles. The first kappa shape index (κ1) is 28.7. The van der Waals surface area contributed by atoms with Crippen LogP contribution in [-0.4, -0.2) is 0 Å². The molecule has 2 aromatic carbocycles. The molecule has 0 aliphatic rings. The Bertz CT molecular complexity index is 303. The Morgan fingerprint density at radius 2 is 0.810 bits per heavy atom. The summed E-state index contributed by atoms with van der Waals surface area (Å²) < 4.78 is 0. The molecular formula is C20H32Y-2. The van der Waals surface area contributed by atoms with Gasteiger partial charge in [-0.3, -0.25) is 0 Å². The normalized spacial score (nSPS) is 6.67. The van der Waals surface area contributed by atoms with Crippen LogP contribution in [0.3, 0.4) is 0 Å². The van der Waals surface area contributed by atoms with Crippen molar-refractivity contribution in [3.8, 4) is 11.1 Å². The molecule has 0 nitrogen and oxygen atoms in total. The molecule has 0 fully saturated rings. The molecule has 0 atom stereocenters. The summed E-state index contributed by atoms with van der Waals surface area (Å²) in [5, 5.41) is 0. The topological polar surface area (TPSA) is 0 Å². The van der Waals surface area contributed by atoms with Crippen molar-refractivity contribution in [2.45, 2.75) is 55.4 Å². The van der Waals surface area contributed by atoms with E-state index in [1.165, 1.54) is 0 Å². The van der Waals surface area contributed by atoms with Crippen molar-refractivity contribution in [2.75, 3.05) is 0 Å². The van der Waals surface area contributed by atoms with Gasteiger partial charge in [0.25, 0.3) is 0 Å². The van der Waals surface area contributed by atoms with Crippen molar-refractivity contribution >= 4 is 0 Å². The molecular weight excluding hydrogens is 329 g/mol. The zero-order valence-electron chi connectivity index (χ0n) is 15.2.